The first-order chi connectivity index (χ1) is 2.56. The van der Waals surface area contributed by atoms with Crippen LogP contribution in [0.3, 0.4) is 0 Å². The van der Waals surface area contributed by atoms with Gasteiger partial charge in [-0.05, 0) is 54.0 Å². The molecule has 0 heterocycles. The second-order valence-corrected chi connectivity index (χ2v) is 10.0. The van der Waals surface area contributed by atoms with Crippen LogP contribution in [0.1, 0.15) is 0 Å². The Labute approximate surface area is 66.8 Å². The first kappa shape index (κ1) is 7.79. The van der Waals surface area contributed by atoms with Crippen molar-refractivity contribution in [2.24, 2.45) is 0 Å². The molecule has 0 spiro atoms. The van der Waals surface area contributed by atoms with E-state index in [0.29, 0.717) is 0 Å². The van der Waals surface area contributed by atoms with Gasteiger partial charge in [0.15, 0.2) is 1.47 Å². The molecule has 0 saturated carbocycles. The zero-order chi connectivity index (χ0) is 5.21. The van der Waals surface area contributed by atoms with Crippen LogP contribution in [0.15, 0.2) is 0 Å². The Hall–Kier alpha value is 1.79. The zero-order valence-corrected chi connectivity index (χ0v) is 8.62. The van der Waals surface area contributed by atoms with Gasteiger partial charge in [0, 0.05) is 0 Å². The quantitative estimate of drug-likeness (QED) is 0.619. The second-order valence-electron chi connectivity index (χ2n) is 0.650. The van der Waals surface area contributed by atoms with E-state index in [4.69, 9.17) is 0 Å². The van der Waals surface area contributed by atoms with Gasteiger partial charge < -0.3 is 0 Å². The van der Waals surface area contributed by atoms with E-state index in [0.717, 1.165) is 0 Å². The van der Waals surface area contributed by atoms with Crippen molar-refractivity contribution in [3.63, 3.8) is 0 Å². The Morgan fingerprint density at radius 1 is 1.33 bits per heavy atom. The Morgan fingerprint density at radius 2 is 1.50 bits per heavy atom. The summed E-state index contributed by atoms with van der Waals surface area (Å²) in [7, 11) is 0. The van der Waals surface area contributed by atoms with Crippen LogP contribution >= 0.6 is 59.6 Å². The summed E-state index contributed by atoms with van der Waals surface area (Å²) >= 11 is 11.5. The lowest BCUT2D eigenvalue weighted by Gasteiger charge is -2.03. The lowest BCUT2D eigenvalue weighted by atomic mass is 11.9. The highest BCUT2D eigenvalue weighted by Gasteiger charge is 2.13. The first-order valence-electron chi connectivity index (χ1n) is 1.18. The summed E-state index contributed by atoms with van der Waals surface area (Å²) in [4.78, 5) is 0. The predicted octanol–water partition coefficient (Wildman–Crippen LogP) is 3.15. The average Bonchev–Trinajstić information content (AvgIpc) is 1.35. The molecule has 0 bridgehead atoms. The van der Waals surface area contributed by atoms with E-state index in [1.807, 2.05) is 6.26 Å². The van der Waals surface area contributed by atoms with Gasteiger partial charge in [0.05, 0.1) is 0 Å². The van der Waals surface area contributed by atoms with Crippen LogP contribution in [0.4, 0.5) is 0 Å². The number of rotatable bonds is 0. The molecular weight excluding hydrogens is 296 g/mol. The smallest absolute Gasteiger partial charge is 0.124 e. The highest BCUT2D eigenvalue weighted by atomic mass is 80.0. The van der Waals surface area contributed by atoms with Crippen LogP contribution in [0.2, 0.25) is 0 Å². The third kappa shape index (κ3) is 5.79. The molecule has 4 heteroatoms. The van der Waals surface area contributed by atoms with Crippen LogP contribution in [0.5, 0.6) is 0 Å². The first-order valence-corrected chi connectivity index (χ1v) is 4.78. The van der Waals surface area contributed by atoms with Crippen molar-refractivity contribution >= 4 is 59.6 Å². The lowest BCUT2D eigenvalue weighted by molar-refractivity contribution is 2.05. The molecule has 38 valence electrons. The third-order valence-corrected chi connectivity index (χ3v) is 3.61. The van der Waals surface area contributed by atoms with Gasteiger partial charge in [0.1, 0.15) is 0 Å². The van der Waals surface area contributed by atoms with Crippen molar-refractivity contribution in [1.29, 1.82) is 0 Å². The van der Waals surface area contributed by atoms with E-state index in [2.05, 4.69) is 47.8 Å². The highest BCUT2D eigenvalue weighted by molar-refractivity contribution is 9.42. The Bertz CT molecular complexity index is 38.5. The van der Waals surface area contributed by atoms with Gasteiger partial charge in [-0.3, -0.25) is 0 Å². The SMILES string of the molecule is CSC(Br)(Br)Br. The molecule has 0 atom stereocenters. The molecule has 0 amide bonds. The fourth-order valence-electron chi connectivity index (χ4n) is 0. The van der Waals surface area contributed by atoms with Crippen LogP contribution in [0.25, 0.3) is 0 Å². The van der Waals surface area contributed by atoms with E-state index >= 15 is 0 Å². The Morgan fingerprint density at radius 3 is 1.50 bits per heavy atom. The molecule has 0 unspecified atom stereocenters. The molecule has 0 aromatic rings. The molecule has 0 radical (unpaired) electrons. The summed E-state index contributed by atoms with van der Waals surface area (Å²) in [6, 6.07) is 0. The second kappa shape index (κ2) is 2.95. The van der Waals surface area contributed by atoms with Gasteiger partial charge in [-0.2, -0.15) is 0 Å². The maximum Gasteiger partial charge on any atom is 0.180 e. The summed E-state index contributed by atoms with van der Waals surface area (Å²) < 4.78 is -0.104. The van der Waals surface area contributed by atoms with E-state index in [1.165, 1.54) is 0 Å². The number of alkyl halides is 3. The zero-order valence-electron chi connectivity index (χ0n) is 3.04. The number of halogens is 3. The van der Waals surface area contributed by atoms with Crippen molar-refractivity contribution in [2.75, 3.05) is 6.26 Å². The fraction of sp³-hybridized carbons (Fsp3) is 1.00. The molecule has 0 aromatic heterocycles. The molecule has 6 heavy (non-hydrogen) atoms. The van der Waals surface area contributed by atoms with Crippen LogP contribution in [0, 0.1) is 0 Å². The number of hydrogen-bond donors (Lipinski definition) is 0. The summed E-state index contributed by atoms with van der Waals surface area (Å²) in [6.07, 6.45) is 1.98. The average molecular weight is 299 g/mol. The third-order valence-electron chi connectivity index (χ3n) is 0.231. The Balaban J connectivity index is 3.17. The summed E-state index contributed by atoms with van der Waals surface area (Å²) in [6.45, 7) is 0. The largest absolute Gasteiger partial charge is 0.180 e. The standard InChI is InChI=1S/C2H3Br3S/c1-6-2(3,4)5/h1H3. The molecule has 0 N–H and O–H groups in total. The van der Waals surface area contributed by atoms with Crippen LogP contribution < -0.4 is 0 Å². The van der Waals surface area contributed by atoms with E-state index < -0.39 is 0 Å². The molecule has 0 aliphatic carbocycles. The topological polar surface area (TPSA) is 0 Å². The fourth-order valence-corrected chi connectivity index (χ4v) is 0. The van der Waals surface area contributed by atoms with Gasteiger partial charge in [-0.1, -0.05) is 0 Å². The van der Waals surface area contributed by atoms with E-state index in [9.17, 15) is 0 Å². The number of hydrogen-bond acceptors (Lipinski definition) is 1. The van der Waals surface area contributed by atoms with Crippen molar-refractivity contribution in [2.45, 2.75) is 1.47 Å². The monoisotopic (exact) mass is 296 g/mol. The summed E-state index contributed by atoms with van der Waals surface area (Å²) in [5, 5.41) is 0. The molecule has 0 fully saturated rings. The minimum atomic E-state index is -0.104. The van der Waals surface area contributed by atoms with E-state index in [1.54, 1.807) is 11.8 Å². The molecule has 0 aromatic carbocycles. The van der Waals surface area contributed by atoms with Gasteiger partial charge >= 0.3 is 0 Å². The van der Waals surface area contributed by atoms with Crippen molar-refractivity contribution < 1.29 is 0 Å². The maximum absolute atomic E-state index is 3.27. The minimum Gasteiger partial charge on any atom is -0.124 e. The van der Waals surface area contributed by atoms with Crippen LogP contribution in [-0.4, -0.2) is 7.73 Å². The van der Waals surface area contributed by atoms with Crippen molar-refractivity contribution in [3.05, 3.63) is 0 Å². The molecular formula is C2H3Br3S. The lowest BCUT2D eigenvalue weighted by Crippen LogP contribution is -1.85. The highest BCUT2D eigenvalue weighted by Crippen LogP contribution is 2.42. The van der Waals surface area contributed by atoms with Crippen LogP contribution in [-0.2, 0) is 0 Å². The van der Waals surface area contributed by atoms with E-state index in [-0.39, 0.29) is 1.47 Å². The molecule has 0 aliphatic rings. The van der Waals surface area contributed by atoms with Gasteiger partial charge in [-0.15, -0.1) is 11.8 Å². The van der Waals surface area contributed by atoms with Gasteiger partial charge in [0.2, 0.25) is 0 Å². The van der Waals surface area contributed by atoms with Crippen molar-refractivity contribution in [1.82, 2.24) is 0 Å². The minimum absolute atomic E-state index is 0.104. The molecule has 0 saturated heterocycles. The summed E-state index contributed by atoms with van der Waals surface area (Å²) in [5.41, 5.74) is 0. The normalized spacial score (nSPS) is 12.0. The number of thioether (sulfide) groups is 1. The molecule has 0 aliphatic heterocycles. The summed E-state index contributed by atoms with van der Waals surface area (Å²) in [5.74, 6) is 0. The predicted molar refractivity (Wildman–Crippen MR) is 43.0 cm³/mol. The molecule has 0 nitrogen and oxygen atoms in total. The molecule has 0 rings (SSSR count). The maximum atomic E-state index is 3.27. The van der Waals surface area contributed by atoms with Crippen molar-refractivity contribution in [3.8, 4) is 0 Å². The van der Waals surface area contributed by atoms with Gasteiger partial charge in [-0.25, -0.2) is 0 Å². The van der Waals surface area contributed by atoms with Gasteiger partial charge in [0.25, 0.3) is 0 Å². The Kier molecular flexibility index (Phi) is 3.83.